The smallest absolute Gasteiger partial charge is 0.268 e. The summed E-state index contributed by atoms with van der Waals surface area (Å²) in [5.74, 6) is -0.216. The van der Waals surface area contributed by atoms with Gasteiger partial charge in [0.25, 0.3) is 7.82 Å². The maximum Gasteiger partial charge on any atom is 0.268 e. The highest BCUT2D eigenvalue weighted by atomic mass is 31.2. The Bertz CT molecular complexity index is 1240. The van der Waals surface area contributed by atoms with Crippen molar-refractivity contribution in [2.75, 3.05) is 40.9 Å². The maximum atomic E-state index is 12.9. The summed E-state index contributed by atoms with van der Waals surface area (Å²) in [6.45, 7) is 4.62. The molecule has 65 heavy (non-hydrogen) atoms. The van der Waals surface area contributed by atoms with E-state index in [0.717, 1.165) is 51.4 Å². The third-order valence-corrected chi connectivity index (χ3v) is 12.9. The van der Waals surface area contributed by atoms with Crippen LogP contribution in [0.1, 0.15) is 239 Å². The van der Waals surface area contributed by atoms with Crippen LogP contribution in [0.5, 0.6) is 0 Å². The van der Waals surface area contributed by atoms with Crippen molar-refractivity contribution < 1.29 is 32.9 Å². The molecule has 0 aromatic heterocycles. The minimum atomic E-state index is -4.61. The molecule has 2 N–H and O–H groups in total. The number of nitrogens with one attached hydrogen (secondary N) is 1. The van der Waals surface area contributed by atoms with Crippen LogP contribution in [0.25, 0.3) is 0 Å². The van der Waals surface area contributed by atoms with Crippen LogP contribution in [0.15, 0.2) is 60.8 Å². The van der Waals surface area contributed by atoms with E-state index in [4.69, 9.17) is 9.05 Å². The molecule has 0 radical (unpaired) electrons. The molecule has 380 valence electrons. The molecule has 9 heteroatoms. The van der Waals surface area contributed by atoms with Crippen molar-refractivity contribution in [2.24, 2.45) is 0 Å². The first-order valence-electron chi connectivity index (χ1n) is 27.2. The number of hydrogen-bond acceptors (Lipinski definition) is 6. The molecular formula is C56H105N2O6P. The van der Waals surface area contributed by atoms with Gasteiger partial charge in [0.1, 0.15) is 13.2 Å². The molecule has 0 rings (SSSR count). The zero-order valence-electron chi connectivity index (χ0n) is 43.2. The van der Waals surface area contributed by atoms with E-state index in [0.29, 0.717) is 17.4 Å². The summed E-state index contributed by atoms with van der Waals surface area (Å²) in [5.41, 5.74) is 0. The molecule has 0 aliphatic carbocycles. The van der Waals surface area contributed by atoms with Crippen LogP contribution in [-0.4, -0.2) is 68.5 Å². The number of nitrogens with zero attached hydrogens (tertiary/aromatic N) is 1. The Hall–Kier alpha value is -1.80. The van der Waals surface area contributed by atoms with E-state index < -0.39 is 26.6 Å². The van der Waals surface area contributed by atoms with Crippen molar-refractivity contribution in [1.29, 1.82) is 0 Å². The number of aliphatic hydroxyl groups is 1. The zero-order chi connectivity index (χ0) is 47.8. The summed E-state index contributed by atoms with van der Waals surface area (Å²) in [4.78, 5) is 25.4. The SMILES string of the molecule is CCCCCCCCCC/C=C/CC/C=C/CC/C=C/C(O)C(COP(=O)([O-])OCC[N+](C)(C)C)NC(=O)CCCCCCCCCCC/C=C\C/C=C\CCCCCCCCCCC. The second kappa shape index (κ2) is 47.3. The van der Waals surface area contributed by atoms with E-state index in [-0.39, 0.29) is 12.5 Å². The molecule has 1 amide bonds. The molecule has 0 fully saturated rings. The Morgan fingerprint density at radius 2 is 0.908 bits per heavy atom. The molecule has 8 nitrogen and oxygen atoms in total. The van der Waals surface area contributed by atoms with Gasteiger partial charge in [0.2, 0.25) is 5.91 Å². The highest BCUT2D eigenvalue weighted by Crippen LogP contribution is 2.38. The van der Waals surface area contributed by atoms with Gasteiger partial charge in [0.05, 0.1) is 39.9 Å². The minimum Gasteiger partial charge on any atom is -0.756 e. The molecule has 0 bridgehead atoms. The van der Waals surface area contributed by atoms with Crippen LogP contribution >= 0.6 is 7.82 Å². The molecule has 0 saturated heterocycles. The lowest BCUT2D eigenvalue weighted by atomic mass is 10.1. The summed E-state index contributed by atoms with van der Waals surface area (Å²) in [7, 11) is 1.23. The maximum absolute atomic E-state index is 12.9. The molecule has 0 spiro atoms. The standard InChI is InChI=1S/C56H105N2O6P/c1-6-8-10-12-14-16-18-20-22-24-26-27-28-29-30-31-32-34-36-38-40-42-44-46-48-50-56(60)57-54(53-64-65(61,62)63-52-51-58(3,4)5)55(59)49-47-45-43-41-39-37-35-33-25-23-21-19-17-15-13-11-9-7-2/h25-27,29-30,33,39,41,47,49,54-55,59H,6-24,28,31-32,34-38,40,42-46,48,50-53H2,1-5H3,(H-,57,60,61,62)/b27-26-,30-29-,33-25+,41-39+,49-47+. The number of aliphatic hydroxyl groups excluding tert-OH is 1. The Morgan fingerprint density at radius 1 is 0.538 bits per heavy atom. The summed E-state index contributed by atoms with van der Waals surface area (Å²) >= 11 is 0. The van der Waals surface area contributed by atoms with E-state index in [9.17, 15) is 19.4 Å². The number of rotatable bonds is 49. The molecule has 0 aromatic rings. The number of amides is 1. The third kappa shape index (κ3) is 49.9. The Balaban J connectivity index is 4.32. The van der Waals surface area contributed by atoms with Gasteiger partial charge in [-0.2, -0.15) is 0 Å². The van der Waals surface area contributed by atoms with E-state index in [1.54, 1.807) is 6.08 Å². The highest BCUT2D eigenvalue weighted by Gasteiger charge is 2.23. The van der Waals surface area contributed by atoms with Gasteiger partial charge in [-0.05, 0) is 77.0 Å². The highest BCUT2D eigenvalue weighted by molar-refractivity contribution is 7.45. The van der Waals surface area contributed by atoms with Gasteiger partial charge < -0.3 is 28.8 Å². The third-order valence-electron chi connectivity index (χ3n) is 11.9. The number of carbonyl (C=O) groups is 1. The van der Waals surface area contributed by atoms with Crippen molar-refractivity contribution in [3.8, 4) is 0 Å². The van der Waals surface area contributed by atoms with Crippen LogP contribution in [-0.2, 0) is 18.4 Å². The topological polar surface area (TPSA) is 108 Å². The predicted molar refractivity (Wildman–Crippen MR) is 279 cm³/mol. The fraction of sp³-hybridized carbons (Fsp3) is 0.804. The summed E-state index contributed by atoms with van der Waals surface area (Å²) in [6.07, 6.45) is 62.9. The van der Waals surface area contributed by atoms with Crippen molar-refractivity contribution in [1.82, 2.24) is 5.32 Å². The van der Waals surface area contributed by atoms with Gasteiger partial charge in [0, 0.05) is 6.42 Å². The normalized spacial score (nSPS) is 14.5. The van der Waals surface area contributed by atoms with Crippen LogP contribution < -0.4 is 10.2 Å². The fourth-order valence-corrected chi connectivity index (χ4v) is 8.35. The molecular weight excluding hydrogens is 828 g/mol. The monoisotopic (exact) mass is 933 g/mol. The number of allylic oxidation sites excluding steroid dienone is 9. The first-order valence-corrected chi connectivity index (χ1v) is 28.6. The van der Waals surface area contributed by atoms with Crippen LogP contribution in [0.3, 0.4) is 0 Å². The zero-order valence-corrected chi connectivity index (χ0v) is 44.1. The number of unbranched alkanes of at least 4 members (excludes halogenated alkanes) is 28. The molecule has 0 aliphatic rings. The molecule has 0 aliphatic heterocycles. The first-order chi connectivity index (χ1) is 31.5. The quantitative estimate of drug-likeness (QED) is 0.0272. The molecule has 0 aromatic carbocycles. The van der Waals surface area contributed by atoms with Gasteiger partial charge >= 0.3 is 0 Å². The van der Waals surface area contributed by atoms with Crippen molar-refractivity contribution in [2.45, 2.75) is 251 Å². The van der Waals surface area contributed by atoms with Crippen molar-refractivity contribution >= 4 is 13.7 Å². The summed E-state index contributed by atoms with van der Waals surface area (Å²) in [6, 6.07) is -0.914. The lowest BCUT2D eigenvalue weighted by Gasteiger charge is -2.29. The van der Waals surface area contributed by atoms with Gasteiger partial charge in [-0.3, -0.25) is 9.36 Å². The van der Waals surface area contributed by atoms with E-state index in [2.05, 4.69) is 67.8 Å². The number of hydrogen-bond donors (Lipinski definition) is 2. The van der Waals surface area contributed by atoms with E-state index in [1.807, 2.05) is 27.2 Å². The lowest BCUT2D eigenvalue weighted by molar-refractivity contribution is -0.870. The summed E-state index contributed by atoms with van der Waals surface area (Å²) < 4.78 is 23.3. The van der Waals surface area contributed by atoms with Gasteiger partial charge in [-0.25, -0.2) is 0 Å². The average molecular weight is 933 g/mol. The number of phosphoric acid groups is 1. The number of phosphoric ester groups is 1. The van der Waals surface area contributed by atoms with Crippen molar-refractivity contribution in [3.05, 3.63) is 60.8 Å². The number of likely N-dealkylation sites (N-methyl/N-ethyl adjacent to an activating group) is 1. The molecule has 0 saturated carbocycles. The van der Waals surface area contributed by atoms with Crippen LogP contribution in [0.2, 0.25) is 0 Å². The van der Waals surface area contributed by atoms with E-state index >= 15 is 0 Å². The largest absolute Gasteiger partial charge is 0.756 e. The van der Waals surface area contributed by atoms with Gasteiger partial charge in [-0.15, -0.1) is 0 Å². The first kappa shape index (κ1) is 63.2. The van der Waals surface area contributed by atoms with Crippen molar-refractivity contribution in [3.63, 3.8) is 0 Å². The average Bonchev–Trinajstić information content (AvgIpc) is 3.26. The fourth-order valence-electron chi connectivity index (χ4n) is 7.63. The lowest BCUT2D eigenvalue weighted by Crippen LogP contribution is -2.45. The van der Waals surface area contributed by atoms with E-state index in [1.165, 1.54) is 167 Å². The molecule has 3 atom stereocenters. The van der Waals surface area contributed by atoms with Crippen LogP contribution in [0, 0.1) is 0 Å². The number of carbonyl (C=O) groups excluding carboxylic acids is 1. The Morgan fingerprint density at radius 3 is 1.34 bits per heavy atom. The second-order valence-corrected chi connectivity index (χ2v) is 21.0. The van der Waals surface area contributed by atoms with Crippen LogP contribution in [0.4, 0.5) is 0 Å². The second-order valence-electron chi connectivity index (χ2n) is 19.6. The number of quaternary nitrogens is 1. The molecule has 3 unspecified atom stereocenters. The minimum absolute atomic E-state index is 0.0117. The van der Waals surface area contributed by atoms with Gasteiger partial charge in [0.15, 0.2) is 0 Å². The predicted octanol–water partition coefficient (Wildman–Crippen LogP) is 15.5. The van der Waals surface area contributed by atoms with Gasteiger partial charge in [-0.1, -0.05) is 216 Å². The molecule has 0 heterocycles. The Labute approximate surface area is 402 Å². The summed E-state index contributed by atoms with van der Waals surface area (Å²) in [5, 5.41) is 13.8. The Kier molecular flexibility index (Phi) is 46.0.